The molecule has 1 aliphatic carbocycles. The number of hydrogen-bond donors (Lipinski definition) is 0. The predicted octanol–water partition coefficient (Wildman–Crippen LogP) is 12.8. The normalized spacial score (nSPS) is 14.0. The summed E-state index contributed by atoms with van der Waals surface area (Å²) in [5, 5.41) is 5.01. The van der Waals surface area contributed by atoms with Gasteiger partial charge in [0.05, 0.1) is 22.6 Å². The lowest BCUT2D eigenvalue weighted by Crippen LogP contribution is -2.08. The maximum atomic E-state index is 5.08. The third kappa shape index (κ3) is 5.28. The van der Waals surface area contributed by atoms with E-state index >= 15 is 0 Å². The van der Waals surface area contributed by atoms with E-state index in [-0.39, 0.29) is 6.04 Å². The molecule has 0 aliphatic heterocycles. The number of para-hydroxylation sites is 2. The number of rotatable bonds is 6. The lowest BCUT2D eigenvalue weighted by atomic mass is 10.0. The molecule has 0 fully saturated rings. The van der Waals surface area contributed by atoms with Gasteiger partial charge in [0.2, 0.25) is 0 Å². The van der Waals surface area contributed by atoms with Crippen LogP contribution in [-0.2, 0) is 0 Å². The van der Waals surface area contributed by atoms with Gasteiger partial charge in [-0.2, -0.15) is 0 Å². The second kappa shape index (κ2) is 13.2. The van der Waals surface area contributed by atoms with Crippen LogP contribution < -0.4 is 0 Å². The highest BCUT2D eigenvalue weighted by Crippen LogP contribution is 2.42. The van der Waals surface area contributed by atoms with Gasteiger partial charge in [-0.25, -0.2) is 15.0 Å². The van der Waals surface area contributed by atoms with Crippen LogP contribution in [0.4, 0.5) is 0 Å². The van der Waals surface area contributed by atoms with Crippen molar-refractivity contribution in [2.75, 3.05) is 0 Å². The fourth-order valence-corrected chi connectivity index (χ4v) is 8.46. The van der Waals surface area contributed by atoms with Gasteiger partial charge in [-0.15, -0.1) is 0 Å². The molecule has 0 bridgehead atoms. The lowest BCUT2D eigenvalue weighted by molar-refractivity contribution is 0.648. The molecule has 5 nitrogen and oxygen atoms in total. The zero-order chi connectivity index (χ0) is 37.0. The number of nitrogens with zero attached hydrogens (tertiary/aromatic N) is 5. The van der Waals surface area contributed by atoms with E-state index < -0.39 is 0 Å². The Balaban J connectivity index is 1.08. The average Bonchev–Trinajstić information content (AvgIpc) is 3.80. The third-order valence-corrected chi connectivity index (χ3v) is 11.1. The number of allylic oxidation sites excluding steroid dienone is 4. The largest absolute Gasteiger partial charge is 0.331 e. The first-order chi connectivity index (χ1) is 27.8. The molecule has 264 valence electrons. The highest BCUT2D eigenvalue weighted by molar-refractivity contribution is 6.23. The second-order valence-corrected chi connectivity index (χ2v) is 14.4. The molecule has 3 aromatic heterocycles. The molecule has 0 radical (unpaired) electrons. The third-order valence-electron chi connectivity index (χ3n) is 11.1. The van der Waals surface area contributed by atoms with E-state index in [2.05, 4.69) is 167 Å². The Morgan fingerprint density at radius 3 is 1.50 bits per heavy atom. The van der Waals surface area contributed by atoms with Gasteiger partial charge in [-0.3, -0.25) is 0 Å². The molecule has 7 aromatic carbocycles. The SMILES string of the molecule is C1=CCC(n2c3ccccc3c3ccc4c5ccccc5n(-c5ccc(-c6nc(-c7ccccc7)nc(-c7ccc(-c8ccccc8)cc7)n6)cc5)c4c32)C=C1. The van der Waals surface area contributed by atoms with Gasteiger partial charge in [0.1, 0.15) is 0 Å². The zero-order valence-electron chi connectivity index (χ0n) is 30.5. The molecule has 56 heavy (non-hydrogen) atoms. The van der Waals surface area contributed by atoms with E-state index in [1.54, 1.807) is 0 Å². The maximum absolute atomic E-state index is 5.08. The quantitative estimate of drug-likeness (QED) is 0.172. The molecule has 1 unspecified atom stereocenters. The zero-order valence-corrected chi connectivity index (χ0v) is 30.5. The first-order valence-electron chi connectivity index (χ1n) is 19.1. The molecule has 3 heterocycles. The molecule has 1 atom stereocenters. The van der Waals surface area contributed by atoms with Crippen LogP contribution in [0, 0.1) is 0 Å². The smallest absolute Gasteiger partial charge is 0.164 e. The summed E-state index contributed by atoms with van der Waals surface area (Å²) in [6.07, 6.45) is 9.88. The van der Waals surface area contributed by atoms with Crippen molar-refractivity contribution < 1.29 is 0 Å². The van der Waals surface area contributed by atoms with Gasteiger partial charge in [0, 0.05) is 49.4 Å². The summed E-state index contributed by atoms with van der Waals surface area (Å²) in [5.74, 6) is 1.92. The molecule has 1 aliphatic rings. The summed E-state index contributed by atoms with van der Waals surface area (Å²) in [5.41, 5.74) is 11.1. The molecule has 0 amide bonds. The van der Waals surface area contributed by atoms with Gasteiger partial charge in [0.15, 0.2) is 17.5 Å². The van der Waals surface area contributed by atoms with Crippen molar-refractivity contribution in [1.29, 1.82) is 0 Å². The Labute approximate surface area is 324 Å². The van der Waals surface area contributed by atoms with E-state index in [1.165, 1.54) is 49.2 Å². The molecule has 10 aromatic rings. The van der Waals surface area contributed by atoms with Crippen LogP contribution in [0.15, 0.2) is 194 Å². The molecule has 0 N–H and O–H groups in total. The van der Waals surface area contributed by atoms with Crippen molar-refractivity contribution in [3.05, 3.63) is 194 Å². The minimum absolute atomic E-state index is 0.216. The second-order valence-electron chi connectivity index (χ2n) is 14.4. The van der Waals surface area contributed by atoms with Crippen LogP contribution in [-0.4, -0.2) is 24.1 Å². The van der Waals surface area contributed by atoms with Crippen LogP contribution in [0.3, 0.4) is 0 Å². The molecule has 0 spiro atoms. The predicted molar refractivity (Wildman–Crippen MR) is 231 cm³/mol. The Morgan fingerprint density at radius 1 is 0.393 bits per heavy atom. The van der Waals surface area contributed by atoms with E-state index in [4.69, 9.17) is 15.0 Å². The van der Waals surface area contributed by atoms with Crippen LogP contribution in [0.2, 0.25) is 0 Å². The van der Waals surface area contributed by atoms with Crippen LogP contribution in [0.1, 0.15) is 12.5 Å². The summed E-state index contributed by atoms with van der Waals surface area (Å²) in [6, 6.07) is 60.1. The van der Waals surface area contributed by atoms with Crippen molar-refractivity contribution in [3.8, 4) is 51.0 Å². The van der Waals surface area contributed by atoms with Crippen molar-refractivity contribution in [1.82, 2.24) is 24.1 Å². The first-order valence-corrected chi connectivity index (χ1v) is 19.1. The number of fused-ring (bicyclic) bond motifs is 7. The van der Waals surface area contributed by atoms with Crippen LogP contribution >= 0.6 is 0 Å². The van der Waals surface area contributed by atoms with Gasteiger partial charge in [-0.05, 0) is 53.9 Å². The van der Waals surface area contributed by atoms with Crippen LogP contribution in [0.25, 0.3) is 94.6 Å². The molecule has 5 heteroatoms. The van der Waals surface area contributed by atoms with E-state index in [0.29, 0.717) is 17.5 Å². The fraction of sp³-hybridized carbons (Fsp3) is 0.0392. The lowest BCUT2D eigenvalue weighted by Gasteiger charge is -2.19. The summed E-state index contributed by atoms with van der Waals surface area (Å²) >= 11 is 0. The van der Waals surface area contributed by atoms with Gasteiger partial charge in [-0.1, -0.05) is 158 Å². The topological polar surface area (TPSA) is 48.5 Å². The Morgan fingerprint density at radius 2 is 0.875 bits per heavy atom. The number of aromatic nitrogens is 5. The highest BCUT2D eigenvalue weighted by Gasteiger charge is 2.23. The Kier molecular flexibility index (Phi) is 7.56. The van der Waals surface area contributed by atoms with Gasteiger partial charge < -0.3 is 9.13 Å². The highest BCUT2D eigenvalue weighted by atomic mass is 15.1. The fourth-order valence-electron chi connectivity index (χ4n) is 8.46. The molecular formula is C51H35N5. The van der Waals surface area contributed by atoms with Crippen molar-refractivity contribution in [2.45, 2.75) is 12.5 Å². The standard InChI is InChI=1S/C51H35N5/c1-4-14-34(15-5-1)35-24-26-37(27-25-35)50-52-49(36-16-6-2-7-17-36)53-51(54-50)38-28-30-40(31-29-38)56-46-23-13-11-21-42(46)44-33-32-43-41-20-10-12-22-45(41)55(47(43)48(44)56)39-18-8-3-9-19-39/h1-18,20-33,39H,19H2. The minimum Gasteiger partial charge on any atom is -0.331 e. The summed E-state index contributed by atoms with van der Waals surface area (Å²) in [4.78, 5) is 15.1. The van der Waals surface area contributed by atoms with Crippen molar-refractivity contribution in [2.24, 2.45) is 0 Å². The summed E-state index contributed by atoms with van der Waals surface area (Å²) in [7, 11) is 0. The Bertz CT molecular complexity index is 3130. The average molecular weight is 718 g/mol. The number of benzene rings is 7. The van der Waals surface area contributed by atoms with E-state index in [0.717, 1.165) is 34.4 Å². The van der Waals surface area contributed by atoms with E-state index in [9.17, 15) is 0 Å². The monoisotopic (exact) mass is 717 g/mol. The Hall–Kier alpha value is -7.37. The molecular weight excluding hydrogens is 683 g/mol. The maximum Gasteiger partial charge on any atom is 0.164 e. The summed E-state index contributed by atoms with van der Waals surface area (Å²) < 4.78 is 5.00. The van der Waals surface area contributed by atoms with Gasteiger partial charge in [0.25, 0.3) is 0 Å². The summed E-state index contributed by atoms with van der Waals surface area (Å²) in [6.45, 7) is 0. The van der Waals surface area contributed by atoms with Crippen LogP contribution in [0.5, 0.6) is 0 Å². The number of hydrogen-bond acceptors (Lipinski definition) is 3. The van der Waals surface area contributed by atoms with Crippen molar-refractivity contribution >= 4 is 43.6 Å². The molecule has 11 rings (SSSR count). The minimum atomic E-state index is 0.216. The van der Waals surface area contributed by atoms with Gasteiger partial charge >= 0.3 is 0 Å². The first kappa shape index (κ1) is 32.1. The van der Waals surface area contributed by atoms with Crippen molar-refractivity contribution in [3.63, 3.8) is 0 Å². The molecule has 0 saturated heterocycles. The molecule has 0 saturated carbocycles. The van der Waals surface area contributed by atoms with E-state index in [1.807, 2.05) is 36.4 Å².